The van der Waals surface area contributed by atoms with E-state index in [4.69, 9.17) is 0 Å². The number of likely N-dealkylation sites (N-methyl/N-ethyl adjacent to an activating group) is 1. The molecule has 0 spiro atoms. The molecule has 1 aliphatic rings. The van der Waals surface area contributed by atoms with Crippen LogP contribution >= 0.6 is 0 Å². The van der Waals surface area contributed by atoms with Crippen LogP contribution in [0.3, 0.4) is 0 Å². The third-order valence-corrected chi connectivity index (χ3v) is 3.70. The van der Waals surface area contributed by atoms with Gasteiger partial charge in [-0.2, -0.15) is 0 Å². The number of rotatable bonds is 5. The molecule has 1 aliphatic heterocycles. The standard InChI is InChI=1S/C15H24N2O/c1-2-16-8-10-17(11-9-16)13-15(18)12-14-6-4-3-5-7-14/h3-7,15,18H,2,8-13H2,1H3/t15-/m0/s1. The van der Waals surface area contributed by atoms with E-state index in [-0.39, 0.29) is 6.10 Å². The Hall–Kier alpha value is -0.900. The Balaban J connectivity index is 1.73. The van der Waals surface area contributed by atoms with E-state index in [9.17, 15) is 5.11 Å². The first-order chi connectivity index (χ1) is 8.78. The summed E-state index contributed by atoms with van der Waals surface area (Å²) >= 11 is 0. The normalized spacial score (nSPS) is 19.9. The quantitative estimate of drug-likeness (QED) is 0.849. The molecule has 0 radical (unpaired) electrons. The van der Waals surface area contributed by atoms with Gasteiger partial charge in [0, 0.05) is 32.7 Å². The summed E-state index contributed by atoms with van der Waals surface area (Å²) in [7, 11) is 0. The van der Waals surface area contributed by atoms with Gasteiger partial charge in [-0.25, -0.2) is 0 Å². The smallest absolute Gasteiger partial charge is 0.0707 e. The molecule has 1 N–H and O–H groups in total. The zero-order chi connectivity index (χ0) is 12.8. The van der Waals surface area contributed by atoms with Gasteiger partial charge >= 0.3 is 0 Å². The van der Waals surface area contributed by atoms with E-state index in [0.717, 1.165) is 45.7 Å². The minimum absolute atomic E-state index is 0.249. The topological polar surface area (TPSA) is 26.7 Å². The van der Waals surface area contributed by atoms with Crippen LogP contribution in [-0.2, 0) is 6.42 Å². The molecule has 1 saturated heterocycles. The van der Waals surface area contributed by atoms with Crippen LogP contribution in [0.5, 0.6) is 0 Å². The molecule has 2 rings (SSSR count). The molecule has 0 saturated carbocycles. The van der Waals surface area contributed by atoms with Gasteiger partial charge in [-0.15, -0.1) is 0 Å². The predicted molar refractivity (Wildman–Crippen MR) is 74.7 cm³/mol. The number of β-amino-alcohol motifs (C(OH)–C–C–N with tert-alkyl or cyclic N) is 1. The third-order valence-electron chi connectivity index (χ3n) is 3.70. The minimum Gasteiger partial charge on any atom is -0.391 e. The monoisotopic (exact) mass is 248 g/mol. The highest BCUT2D eigenvalue weighted by Gasteiger charge is 2.18. The SMILES string of the molecule is CCN1CCN(C[C@@H](O)Cc2ccccc2)CC1. The number of hydrogen-bond acceptors (Lipinski definition) is 3. The molecule has 1 atom stereocenters. The maximum absolute atomic E-state index is 10.1. The zero-order valence-corrected chi connectivity index (χ0v) is 11.3. The van der Waals surface area contributed by atoms with Gasteiger partial charge in [0.2, 0.25) is 0 Å². The molecule has 0 amide bonds. The van der Waals surface area contributed by atoms with Crippen LogP contribution in [-0.4, -0.2) is 60.3 Å². The van der Waals surface area contributed by atoms with E-state index >= 15 is 0 Å². The van der Waals surface area contributed by atoms with Gasteiger partial charge in [-0.3, -0.25) is 4.90 Å². The molecule has 1 fully saturated rings. The molecular formula is C15H24N2O. The lowest BCUT2D eigenvalue weighted by Crippen LogP contribution is -2.48. The average molecular weight is 248 g/mol. The van der Waals surface area contributed by atoms with Crippen LogP contribution in [0, 0.1) is 0 Å². The molecule has 18 heavy (non-hydrogen) atoms. The van der Waals surface area contributed by atoms with Crippen molar-refractivity contribution in [3.8, 4) is 0 Å². The summed E-state index contributed by atoms with van der Waals surface area (Å²) in [6, 6.07) is 10.2. The van der Waals surface area contributed by atoms with Gasteiger partial charge in [0.1, 0.15) is 0 Å². The molecule has 0 aliphatic carbocycles. The zero-order valence-electron chi connectivity index (χ0n) is 11.3. The fraction of sp³-hybridized carbons (Fsp3) is 0.600. The van der Waals surface area contributed by atoms with E-state index in [2.05, 4.69) is 28.9 Å². The average Bonchev–Trinajstić information content (AvgIpc) is 2.40. The molecular weight excluding hydrogens is 224 g/mol. The Kier molecular flexibility index (Phi) is 5.17. The Morgan fingerprint density at radius 3 is 2.28 bits per heavy atom. The maximum Gasteiger partial charge on any atom is 0.0707 e. The minimum atomic E-state index is -0.249. The largest absolute Gasteiger partial charge is 0.391 e. The second-order valence-electron chi connectivity index (χ2n) is 5.08. The van der Waals surface area contributed by atoms with E-state index in [1.54, 1.807) is 0 Å². The summed E-state index contributed by atoms with van der Waals surface area (Å²) in [5.74, 6) is 0. The fourth-order valence-electron chi connectivity index (χ4n) is 2.54. The number of aliphatic hydroxyl groups is 1. The van der Waals surface area contributed by atoms with Crippen LogP contribution in [0.2, 0.25) is 0 Å². The van der Waals surface area contributed by atoms with E-state index < -0.39 is 0 Å². The maximum atomic E-state index is 10.1. The van der Waals surface area contributed by atoms with Crippen LogP contribution in [0.25, 0.3) is 0 Å². The summed E-state index contributed by atoms with van der Waals surface area (Å²) < 4.78 is 0. The van der Waals surface area contributed by atoms with Crippen molar-refractivity contribution in [1.82, 2.24) is 9.80 Å². The summed E-state index contributed by atoms with van der Waals surface area (Å²) in [5.41, 5.74) is 1.22. The third kappa shape index (κ3) is 4.09. The molecule has 0 bridgehead atoms. The first-order valence-corrected chi connectivity index (χ1v) is 6.94. The van der Waals surface area contributed by atoms with E-state index in [1.807, 2.05) is 18.2 Å². The van der Waals surface area contributed by atoms with Crippen LogP contribution in [0.4, 0.5) is 0 Å². The number of hydrogen-bond donors (Lipinski definition) is 1. The molecule has 1 aromatic carbocycles. The molecule has 0 aromatic heterocycles. The van der Waals surface area contributed by atoms with Gasteiger partial charge in [0.05, 0.1) is 6.10 Å². The number of benzene rings is 1. The van der Waals surface area contributed by atoms with Crippen molar-refractivity contribution in [2.75, 3.05) is 39.3 Å². The van der Waals surface area contributed by atoms with Crippen molar-refractivity contribution < 1.29 is 5.11 Å². The number of piperazine rings is 1. The highest BCUT2D eigenvalue weighted by atomic mass is 16.3. The fourth-order valence-corrected chi connectivity index (χ4v) is 2.54. The van der Waals surface area contributed by atoms with Gasteiger partial charge < -0.3 is 10.0 Å². The molecule has 0 unspecified atom stereocenters. The van der Waals surface area contributed by atoms with Crippen LogP contribution in [0.15, 0.2) is 30.3 Å². The lowest BCUT2D eigenvalue weighted by Gasteiger charge is -2.35. The van der Waals surface area contributed by atoms with Gasteiger partial charge in [0.25, 0.3) is 0 Å². The van der Waals surface area contributed by atoms with Crippen LogP contribution < -0.4 is 0 Å². The Labute approximate surface area is 110 Å². The van der Waals surface area contributed by atoms with Crippen molar-refractivity contribution in [2.24, 2.45) is 0 Å². The highest BCUT2D eigenvalue weighted by molar-refractivity contribution is 5.15. The van der Waals surface area contributed by atoms with Gasteiger partial charge in [-0.05, 0) is 18.5 Å². The lowest BCUT2D eigenvalue weighted by molar-refractivity contribution is 0.0747. The Bertz CT molecular complexity index is 334. The van der Waals surface area contributed by atoms with Gasteiger partial charge in [0.15, 0.2) is 0 Å². The van der Waals surface area contributed by atoms with E-state index in [1.165, 1.54) is 5.56 Å². The van der Waals surface area contributed by atoms with Crippen LogP contribution in [0.1, 0.15) is 12.5 Å². The Morgan fingerprint density at radius 1 is 1.06 bits per heavy atom. The first kappa shape index (κ1) is 13.5. The lowest BCUT2D eigenvalue weighted by atomic mass is 10.1. The summed E-state index contributed by atoms with van der Waals surface area (Å²) in [4.78, 5) is 4.83. The first-order valence-electron chi connectivity index (χ1n) is 6.94. The second-order valence-corrected chi connectivity index (χ2v) is 5.08. The summed E-state index contributed by atoms with van der Waals surface area (Å²) in [6.07, 6.45) is 0.509. The van der Waals surface area contributed by atoms with Crippen molar-refractivity contribution in [2.45, 2.75) is 19.4 Å². The van der Waals surface area contributed by atoms with Gasteiger partial charge in [-0.1, -0.05) is 37.3 Å². The number of aliphatic hydroxyl groups excluding tert-OH is 1. The van der Waals surface area contributed by atoms with Crippen molar-refractivity contribution in [3.05, 3.63) is 35.9 Å². The highest BCUT2D eigenvalue weighted by Crippen LogP contribution is 2.07. The summed E-state index contributed by atoms with van der Waals surface area (Å²) in [6.45, 7) is 8.58. The van der Waals surface area contributed by atoms with E-state index in [0.29, 0.717) is 0 Å². The molecule has 100 valence electrons. The predicted octanol–water partition coefficient (Wildman–Crippen LogP) is 1.23. The molecule has 1 aromatic rings. The number of nitrogens with zero attached hydrogens (tertiary/aromatic N) is 2. The second kappa shape index (κ2) is 6.88. The van der Waals surface area contributed by atoms with Crippen molar-refractivity contribution in [3.63, 3.8) is 0 Å². The molecule has 3 heteroatoms. The Morgan fingerprint density at radius 2 is 1.67 bits per heavy atom. The van der Waals surface area contributed by atoms with Crippen molar-refractivity contribution >= 4 is 0 Å². The molecule has 3 nitrogen and oxygen atoms in total. The molecule has 1 heterocycles. The summed E-state index contributed by atoms with van der Waals surface area (Å²) in [5, 5.41) is 10.1. The van der Waals surface area contributed by atoms with Crippen molar-refractivity contribution in [1.29, 1.82) is 0 Å².